The Labute approximate surface area is 121 Å². The molecule has 20 heavy (non-hydrogen) atoms. The maximum Gasteiger partial charge on any atom is 0.0587 e. The van der Waals surface area contributed by atoms with E-state index in [4.69, 9.17) is 9.47 Å². The first-order chi connectivity index (χ1) is 9.81. The van der Waals surface area contributed by atoms with E-state index < -0.39 is 0 Å². The van der Waals surface area contributed by atoms with Gasteiger partial charge in [-0.3, -0.25) is 4.68 Å². The summed E-state index contributed by atoms with van der Waals surface area (Å²) in [5.74, 6) is 0. The van der Waals surface area contributed by atoms with Crippen molar-refractivity contribution in [2.75, 3.05) is 26.9 Å². The molecule has 1 N–H and O–H groups in total. The van der Waals surface area contributed by atoms with Crippen LogP contribution in [0, 0.1) is 6.92 Å². The molecule has 1 atom stereocenters. The highest BCUT2D eigenvalue weighted by Crippen LogP contribution is 2.17. The van der Waals surface area contributed by atoms with Crippen LogP contribution in [0.3, 0.4) is 0 Å². The summed E-state index contributed by atoms with van der Waals surface area (Å²) >= 11 is 0. The molecule has 1 unspecified atom stereocenters. The van der Waals surface area contributed by atoms with Gasteiger partial charge in [0.15, 0.2) is 0 Å². The van der Waals surface area contributed by atoms with E-state index in [9.17, 15) is 0 Å². The Morgan fingerprint density at radius 1 is 1.55 bits per heavy atom. The van der Waals surface area contributed by atoms with E-state index in [0.29, 0.717) is 6.10 Å². The van der Waals surface area contributed by atoms with Gasteiger partial charge in [-0.2, -0.15) is 5.10 Å². The summed E-state index contributed by atoms with van der Waals surface area (Å²) in [6.45, 7) is 6.56. The van der Waals surface area contributed by atoms with Gasteiger partial charge in [-0.05, 0) is 32.6 Å². The molecule has 0 radical (unpaired) electrons. The van der Waals surface area contributed by atoms with E-state index in [0.717, 1.165) is 45.7 Å². The van der Waals surface area contributed by atoms with Gasteiger partial charge < -0.3 is 14.8 Å². The van der Waals surface area contributed by atoms with Gasteiger partial charge in [0.25, 0.3) is 0 Å². The van der Waals surface area contributed by atoms with Crippen LogP contribution in [0.15, 0.2) is 6.20 Å². The van der Waals surface area contributed by atoms with Gasteiger partial charge in [0, 0.05) is 44.6 Å². The molecule has 0 aromatic carbocycles. The Morgan fingerprint density at radius 3 is 3.20 bits per heavy atom. The Balaban J connectivity index is 1.70. The number of nitrogens with zero attached hydrogens (tertiary/aromatic N) is 2. The molecule has 5 nitrogen and oxygen atoms in total. The lowest BCUT2D eigenvalue weighted by molar-refractivity contribution is 0.101. The predicted octanol–water partition coefficient (Wildman–Crippen LogP) is 1.89. The smallest absolute Gasteiger partial charge is 0.0587 e. The Morgan fingerprint density at radius 2 is 2.45 bits per heavy atom. The molecule has 1 saturated heterocycles. The second kappa shape index (κ2) is 8.39. The molecule has 2 heterocycles. The zero-order chi connectivity index (χ0) is 14.2. The van der Waals surface area contributed by atoms with Crippen LogP contribution in [0.5, 0.6) is 0 Å². The second-order valence-electron chi connectivity index (χ2n) is 5.43. The third-order valence-corrected chi connectivity index (χ3v) is 3.92. The summed E-state index contributed by atoms with van der Waals surface area (Å²) < 4.78 is 12.8. The van der Waals surface area contributed by atoms with Crippen molar-refractivity contribution < 1.29 is 9.47 Å². The summed E-state index contributed by atoms with van der Waals surface area (Å²) in [6, 6.07) is 0. The average Bonchev–Trinajstić information content (AvgIpc) is 3.07. The van der Waals surface area contributed by atoms with Crippen LogP contribution in [-0.2, 0) is 22.6 Å². The third kappa shape index (κ3) is 4.58. The second-order valence-corrected chi connectivity index (χ2v) is 5.43. The monoisotopic (exact) mass is 281 g/mol. The van der Waals surface area contributed by atoms with Crippen molar-refractivity contribution in [3.8, 4) is 0 Å². The van der Waals surface area contributed by atoms with Crippen molar-refractivity contribution in [1.29, 1.82) is 0 Å². The van der Waals surface area contributed by atoms with E-state index in [2.05, 4.69) is 22.0 Å². The number of rotatable bonds is 9. The van der Waals surface area contributed by atoms with Crippen molar-refractivity contribution in [3.63, 3.8) is 0 Å². The number of nitrogens with one attached hydrogen (secondary N) is 1. The number of ether oxygens (including phenoxy) is 2. The van der Waals surface area contributed by atoms with Crippen LogP contribution in [0.25, 0.3) is 0 Å². The van der Waals surface area contributed by atoms with Crippen LogP contribution in [0.2, 0.25) is 0 Å². The quantitative estimate of drug-likeness (QED) is 0.702. The van der Waals surface area contributed by atoms with Gasteiger partial charge in [0.2, 0.25) is 0 Å². The molecule has 5 heteroatoms. The van der Waals surface area contributed by atoms with Crippen molar-refractivity contribution in [2.45, 2.75) is 51.8 Å². The molecule has 0 amide bonds. The SMILES string of the molecule is COCCNCc1cnn(CCCC2CCCO2)c1C. The number of hydrogen-bond acceptors (Lipinski definition) is 4. The van der Waals surface area contributed by atoms with Crippen molar-refractivity contribution in [1.82, 2.24) is 15.1 Å². The first kappa shape index (κ1) is 15.5. The third-order valence-electron chi connectivity index (χ3n) is 3.92. The minimum Gasteiger partial charge on any atom is -0.383 e. The van der Waals surface area contributed by atoms with E-state index in [1.54, 1.807) is 7.11 Å². The van der Waals surface area contributed by atoms with Crippen LogP contribution in [0.4, 0.5) is 0 Å². The number of aromatic nitrogens is 2. The van der Waals surface area contributed by atoms with Crippen molar-refractivity contribution in [2.24, 2.45) is 0 Å². The predicted molar refractivity (Wildman–Crippen MR) is 78.8 cm³/mol. The topological polar surface area (TPSA) is 48.3 Å². The van der Waals surface area contributed by atoms with E-state index in [1.165, 1.54) is 24.1 Å². The lowest BCUT2D eigenvalue weighted by Crippen LogP contribution is -2.19. The minimum atomic E-state index is 0.487. The maximum atomic E-state index is 5.65. The van der Waals surface area contributed by atoms with Crippen molar-refractivity contribution in [3.05, 3.63) is 17.5 Å². The van der Waals surface area contributed by atoms with E-state index in [1.807, 2.05) is 6.20 Å². The molecule has 0 saturated carbocycles. The largest absolute Gasteiger partial charge is 0.383 e. The lowest BCUT2D eigenvalue weighted by atomic mass is 10.1. The van der Waals surface area contributed by atoms with Gasteiger partial charge in [0.05, 0.1) is 18.9 Å². The summed E-state index contributed by atoms with van der Waals surface area (Å²) in [4.78, 5) is 0. The van der Waals surface area contributed by atoms with Gasteiger partial charge in [0.1, 0.15) is 0 Å². The molecule has 1 aliphatic rings. The molecular formula is C15H27N3O2. The first-order valence-corrected chi connectivity index (χ1v) is 7.64. The summed E-state index contributed by atoms with van der Waals surface area (Å²) in [5, 5.41) is 7.84. The molecule has 1 fully saturated rings. The lowest BCUT2D eigenvalue weighted by Gasteiger charge is -2.10. The molecule has 0 spiro atoms. The van der Waals surface area contributed by atoms with Gasteiger partial charge in [-0.1, -0.05) is 0 Å². The molecule has 1 aliphatic heterocycles. The minimum absolute atomic E-state index is 0.487. The fraction of sp³-hybridized carbons (Fsp3) is 0.800. The summed E-state index contributed by atoms with van der Waals surface area (Å²) in [7, 11) is 1.72. The average molecular weight is 281 g/mol. The molecular weight excluding hydrogens is 254 g/mol. The molecule has 1 aromatic rings. The molecule has 0 bridgehead atoms. The fourth-order valence-electron chi connectivity index (χ4n) is 2.62. The highest BCUT2D eigenvalue weighted by molar-refractivity contribution is 5.15. The first-order valence-electron chi connectivity index (χ1n) is 7.64. The maximum absolute atomic E-state index is 5.65. The van der Waals surface area contributed by atoms with Crippen LogP contribution in [-0.4, -0.2) is 42.8 Å². The van der Waals surface area contributed by atoms with E-state index >= 15 is 0 Å². The van der Waals surface area contributed by atoms with Gasteiger partial charge >= 0.3 is 0 Å². The van der Waals surface area contributed by atoms with Crippen LogP contribution in [0.1, 0.15) is 36.9 Å². The van der Waals surface area contributed by atoms with Crippen molar-refractivity contribution >= 4 is 0 Å². The Bertz CT molecular complexity index is 386. The van der Waals surface area contributed by atoms with Gasteiger partial charge in [-0.15, -0.1) is 0 Å². The number of methoxy groups -OCH3 is 1. The highest BCUT2D eigenvalue weighted by Gasteiger charge is 2.15. The summed E-state index contributed by atoms with van der Waals surface area (Å²) in [5.41, 5.74) is 2.54. The number of hydrogen-bond donors (Lipinski definition) is 1. The zero-order valence-corrected chi connectivity index (χ0v) is 12.7. The highest BCUT2D eigenvalue weighted by atomic mass is 16.5. The number of aryl methyl sites for hydroxylation is 1. The molecule has 2 rings (SSSR count). The summed E-state index contributed by atoms with van der Waals surface area (Å²) in [6.07, 6.45) is 7.21. The van der Waals surface area contributed by atoms with E-state index in [-0.39, 0.29) is 0 Å². The van der Waals surface area contributed by atoms with Gasteiger partial charge in [-0.25, -0.2) is 0 Å². The Kier molecular flexibility index (Phi) is 6.50. The molecule has 0 aliphatic carbocycles. The Hall–Kier alpha value is -0.910. The normalized spacial score (nSPS) is 18.8. The fourth-order valence-corrected chi connectivity index (χ4v) is 2.62. The standard InChI is InChI=1S/C15H27N3O2/c1-13-14(11-16-7-10-19-2)12-17-18(13)8-3-5-15-6-4-9-20-15/h12,15-16H,3-11H2,1-2H3. The zero-order valence-electron chi connectivity index (χ0n) is 12.7. The van der Waals surface area contributed by atoms with Crippen LogP contribution < -0.4 is 5.32 Å². The van der Waals surface area contributed by atoms with Crippen LogP contribution >= 0.6 is 0 Å². The molecule has 114 valence electrons. The molecule has 1 aromatic heterocycles.